The van der Waals surface area contributed by atoms with Crippen molar-refractivity contribution >= 4 is 58.5 Å². The van der Waals surface area contributed by atoms with Gasteiger partial charge in [0.05, 0.1) is 22.8 Å². The Morgan fingerprint density at radius 2 is 1.86 bits per heavy atom. The van der Waals surface area contributed by atoms with Gasteiger partial charge in [0.15, 0.2) is 8.29 Å². The second kappa shape index (κ2) is 7.74. The molecular weight excluding hydrogens is 424 g/mol. The summed E-state index contributed by atoms with van der Waals surface area (Å²) >= 11 is 8.11. The molecule has 148 valence electrons. The molecule has 0 radical (unpaired) electrons. The molecule has 0 aliphatic carbocycles. The zero-order chi connectivity index (χ0) is 20.6. The quantitative estimate of drug-likeness (QED) is 0.475. The maximum Gasteiger partial charge on any atom is 0.250 e. The number of hydrogen-bond donors (Lipinski definition) is 1. The van der Waals surface area contributed by atoms with Crippen molar-refractivity contribution in [1.82, 2.24) is 9.78 Å². The fraction of sp³-hybridized carbons (Fsp3) is 0.200. The van der Waals surface area contributed by atoms with Crippen molar-refractivity contribution in [2.24, 2.45) is 0 Å². The Balaban J connectivity index is 1.56. The molecule has 0 spiro atoms. The first-order chi connectivity index (χ1) is 13.9. The van der Waals surface area contributed by atoms with Crippen molar-refractivity contribution in [2.45, 2.75) is 23.7 Å². The molecule has 0 saturated heterocycles. The number of hydrogen-bond acceptors (Lipinski definition) is 6. The Bertz CT molecular complexity index is 1140. The summed E-state index contributed by atoms with van der Waals surface area (Å²) in [5.74, 6) is -0.212. The predicted octanol–water partition coefficient (Wildman–Crippen LogP) is 4.52. The molecule has 1 aliphatic rings. The second-order valence-corrected chi connectivity index (χ2v) is 9.77. The first-order valence-corrected chi connectivity index (χ1v) is 11.1. The molecule has 6 nitrogen and oxygen atoms in total. The number of nitrogens with zero attached hydrogens (tertiary/aromatic N) is 3. The molecule has 4 rings (SSSR count). The van der Waals surface area contributed by atoms with Gasteiger partial charge in [-0.15, -0.1) is 5.10 Å². The highest BCUT2D eigenvalue weighted by Crippen LogP contribution is 2.37. The van der Waals surface area contributed by atoms with Gasteiger partial charge in [-0.25, -0.2) is 4.68 Å². The average Bonchev–Trinajstić information content (AvgIpc) is 3.08. The minimum absolute atomic E-state index is 0.155. The van der Waals surface area contributed by atoms with Crippen LogP contribution in [0.1, 0.15) is 13.8 Å². The van der Waals surface area contributed by atoms with Gasteiger partial charge in [-0.3, -0.25) is 14.5 Å². The number of aromatic nitrogens is 2. The smallest absolute Gasteiger partial charge is 0.250 e. The van der Waals surface area contributed by atoms with E-state index in [0.29, 0.717) is 19.7 Å². The highest BCUT2D eigenvalue weighted by Gasteiger charge is 2.43. The molecule has 2 amide bonds. The molecule has 0 atom stereocenters. The molecule has 0 saturated carbocycles. The van der Waals surface area contributed by atoms with E-state index in [1.54, 1.807) is 29.5 Å². The Labute approximate surface area is 181 Å². The SMILES string of the molecule is CC1(C)C(=O)Nc2ccccc2N1C(=O)CSc1nn(-c2ccccc2)c(=S)s1. The lowest BCUT2D eigenvalue weighted by Gasteiger charge is -2.42. The Morgan fingerprint density at radius 3 is 2.62 bits per heavy atom. The molecule has 3 aromatic rings. The fourth-order valence-electron chi connectivity index (χ4n) is 3.14. The van der Waals surface area contributed by atoms with Gasteiger partial charge in [0.1, 0.15) is 5.54 Å². The summed E-state index contributed by atoms with van der Waals surface area (Å²) in [4.78, 5) is 27.2. The minimum atomic E-state index is -0.984. The maximum absolute atomic E-state index is 13.1. The summed E-state index contributed by atoms with van der Waals surface area (Å²) in [5.41, 5.74) is 1.24. The molecule has 0 unspecified atom stereocenters. The van der Waals surface area contributed by atoms with Crippen LogP contribution in [0.15, 0.2) is 58.9 Å². The Morgan fingerprint density at radius 1 is 1.17 bits per heavy atom. The Hall–Kier alpha value is -2.49. The third kappa shape index (κ3) is 3.73. The van der Waals surface area contributed by atoms with Gasteiger partial charge in [0.25, 0.3) is 0 Å². The number of amides is 2. The lowest BCUT2D eigenvalue weighted by Crippen LogP contribution is -2.58. The molecule has 2 heterocycles. The second-order valence-electron chi connectivity index (χ2n) is 6.93. The molecule has 1 aliphatic heterocycles. The van der Waals surface area contributed by atoms with Gasteiger partial charge in [-0.2, -0.15) is 0 Å². The van der Waals surface area contributed by atoms with Crippen LogP contribution in [-0.4, -0.2) is 32.9 Å². The zero-order valence-corrected chi connectivity index (χ0v) is 18.2. The molecule has 9 heteroatoms. The number of nitrogens with one attached hydrogen (secondary N) is 1. The average molecular weight is 443 g/mol. The van der Waals surface area contributed by atoms with Crippen LogP contribution in [0.4, 0.5) is 11.4 Å². The number of rotatable bonds is 4. The van der Waals surface area contributed by atoms with E-state index in [-0.39, 0.29) is 17.6 Å². The largest absolute Gasteiger partial charge is 0.322 e. The van der Waals surface area contributed by atoms with E-state index in [1.807, 2.05) is 48.5 Å². The molecule has 0 bridgehead atoms. The molecule has 2 aromatic carbocycles. The van der Waals surface area contributed by atoms with Crippen LogP contribution >= 0.6 is 35.3 Å². The van der Waals surface area contributed by atoms with E-state index in [1.165, 1.54) is 23.1 Å². The predicted molar refractivity (Wildman–Crippen MR) is 120 cm³/mol. The Kier molecular flexibility index (Phi) is 5.28. The van der Waals surface area contributed by atoms with Crippen LogP contribution in [0.5, 0.6) is 0 Å². The fourth-order valence-corrected chi connectivity index (χ4v) is 5.35. The van der Waals surface area contributed by atoms with E-state index < -0.39 is 5.54 Å². The number of carbonyl (C=O) groups excluding carboxylic acids is 2. The molecule has 1 N–H and O–H groups in total. The topological polar surface area (TPSA) is 67.2 Å². The van der Waals surface area contributed by atoms with Crippen molar-refractivity contribution in [2.75, 3.05) is 16.0 Å². The van der Waals surface area contributed by atoms with Crippen LogP contribution in [0, 0.1) is 3.95 Å². The van der Waals surface area contributed by atoms with E-state index in [2.05, 4.69) is 10.4 Å². The third-order valence-electron chi connectivity index (χ3n) is 4.61. The summed E-state index contributed by atoms with van der Waals surface area (Å²) in [6.07, 6.45) is 0. The number of fused-ring (bicyclic) bond motifs is 1. The number of carbonyl (C=O) groups is 2. The van der Waals surface area contributed by atoms with Crippen molar-refractivity contribution in [3.05, 3.63) is 58.6 Å². The van der Waals surface area contributed by atoms with Crippen LogP contribution in [0.3, 0.4) is 0 Å². The van der Waals surface area contributed by atoms with Gasteiger partial charge >= 0.3 is 0 Å². The van der Waals surface area contributed by atoms with Crippen LogP contribution < -0.4 is 10.2 Å². The monoisotopic (exact) mass is 442 g/mol. The van der Waals surface area contributed by atoms with Gasteiger partial charge in [-0.1, -0.05) is 53.4 Å². The number of thioether (sulfide) groups is 1. The lowest BCUT2D eigenvalue weighted by atomic mass is 9.96. The third-order valence-corrected chi connectivity index (χ3v) is 6.96. The molecule has 0 fully saturated rings. The van der Waals surface area contributed by atoms with Crippen molar-refractivity contribution in [3.8, 4) is 5.69 Å². The highest BCUT2D eigenvalue weighted by atomic mass is 32.2. The standard InChI is InChI=1S/C20H18N4O2S3/c1-20(2)17(26)21-14-10-6-7-11-15(14)23(20)16(25)12-28-18-22-24(19(27)29-18)13-8-4-3-5-9-13/h3-11H,12H2,1-2H3,(H,21,26). The van der Waals surface area contributed by atoms with Crippen molar-refractivity contribution < 1.29 is 9.59 Å². The summed E-state index contributed by atoms with van der Waals surface area (Å²) < 4.78 is 3.02. The summed E-state index contributed by atoms with van der Waals surface area (Å²) in [6.45, 7) is 3.49. The summed E-state index contributed by atoms with van der Waals surface area (Å²) in [6, 6.07) is 17.0. The van der Waals surface area contributed by atoms with Gasteiger partial charge < -0.3 is 5.32 Å². The van der Waals surface area contributed by atoms with Crippen molar-refractivity contribution in [1.29, 1.82) is 0 Å². The molecule has 1 aromatic heterocycles. The normalized spacial score (nSPS) is 15.0. The number of anilines is 2. The zero-order valence-electron chi connectivity index (χ0n) is 15.8. The first kappa shape index (κ1) is 19.8. The summed E-state index contributed by atoms with van der Waals surface area (Å²) in [5, 5.41) is 7.41. The number of para-hydroxylation sites is 3. The van der Waals surface area contributed by atoms with E-state index in [4.69, 9.17) is 12.2 Å². The molecule has 29 heavy (non-hydrogen) atoms. The van der Waals surface area contributed by atoms with E-state index in [9.17, 15) is 9.59 Å². The summed E-state index contributed by atoms with van der Waals surface area (Å²) in [7, 11) is 0. The number of benzene rings is 2. The molecular formula is C20H18N4O2S3. The van der Waals surface area contributed by atoms with Gasteiger partial charge in [0, 0.05) is 0 Å². The van der Waals surface area contributed by atoms with E-state index >= 15 is 0 Å². The van der Waals surface area contributed by atoms with Gasteiger partial charge in [-0.05, 0) is 50.3 Å². The van der Waals surface area contributed by atoms with Crippen LogP contribution in [0.2, 0.25) is 0 Å². The maximum atomic E-state index is 13.1. The van der Waals surface area contributed by atoms with Crippen molar-refractivity contribution in [3.63, 3.8) is 0 Å². The van der Waals surface area contributed by atoms with Crippen LogP contribution in [0.25, 0.3) is 5.69 Å². The minimum Gasteiger partial charge on any atom is -0.322 e. The van der Waals surface area contributed by atoms with E-state index in [0.717, 1.165) is 5.69 Å². The lowest BCUT2D eigenvalue weighted by molar-refractivity contribution is -0.125. The van der Waals surface area contributed by atoms with Gasteiger partial charge in [0.2, 0.25) is 11.8 Å². The van der Waals surface area contributed by atoms with Crippen LogP contribution in [-0.2, 0) is 9.59 Å². The first-order valence-electron chi connectivity index (χ1n) is 8.90. The highest BCUT2D eigenvalue weighted by molar-refractivity contribution is 8.01.